The van der Waals surface area contributed by atoms with Crippen molar-refractivity contribution >= 4 is 5.91 Å². The Morgan fingerprint density at radius 2 is 2.35 bits per heavy atom. The van der Waals surface area contributed by atoms with E-state index in [9.17, 15) is 9.90 Å². The number of fused-ring (bicyclic) bond motifs is 1. The summed E-state index contributed by atoms with van der Waals surface area (Å²) in [5, 5.41) is 12.4. The van der Waals surface area contributed by atoms with Crippen LogP contribution in [-0.4, -0.2) is 17.6 Å². The van der Waals surface area contributed by atoms with Crippen molar-refractivity contribution in [3.05, 3.63) is 29.3 Å². The summed E-state index contributed by atoms with van der Waals surface area (Å²) in [5.41, 5.74) is 2.60. The van der Waals surface area contributed by atoms with Gasteiger partial charge < -0.3 is 10.4 Å². The molecule has 1 aliphatic rings. The Kier molecular flexibility index (Phi) is 3.67. The Morgan fingerprint density at radius 1 is 1.53 bits per heavy atom. The summed E-state index contributed by atoms with van der Waals surface area (Å²) in [7, 11) is 0. The van der Waals surface area contributed by atoms with Gasteiger partial charge in [-0.25, -0.2) is 0 Å². The number of rotatable bonds is 4. The fourth-order valence-electron chi connectivity index (χ4n) is 2.49. The first kappa shape index (κ1) is 12.0. The van der Waals surface area contributed by atoms with Crippen molar-refractivity contribution in [2.75, 3.05) is 6.54 Å². The second-order valence-electron chi connectivity index (χ2n) is 4.61. The van der Waals surface area contributed by atoms with Crippen molar-refractivity contribution < 1.29 is 9.90 Å². The molecule has 0 aliphatic heterocycles. The van der Waals surface area contributed by atoms with Gasteiger partial charge in [-0.3, -0.25) is 4.79 Å². The smallest absolute Gasteiger partial charge is 0.219 e. The van der Waals surface area contributed by atoms with Crippen LogP contribution in [0, 0.1) is 0 Å². The average molecular weight is 233 g/mol. The van der Waals surface area contributed by atoms with Gasteiger partial charge in [0.2, 0.25) is 5.91 Å². The molecule has 0 saturated carbocycles. The molecule has 0 fully saturated rings. The summed E-state index contributed by atoms with van der Waals surface area (Å²) in [6, 6.07) is 5.63. The monoisotopic (exact) mass is 233 g/mol. The summed E-state index contributed by atoms with van der Waals surface area (Å²) < 4.78 is 0. The molecule has 3 nitrogen and oxygen atoms in total. The van der Waals surface area contributed by atoms with Crippen LogP contribution < -0.4 is 5.32 Å². The largest absolute Gasteiger partial charge is 0.508 e. The van der Waals surface area contributed by atoms with Gasteiger partial charge in [0, 0.05) is 13.0 Å². The summed E-state index contributed by atoms with van der Waals surface area (Å²) in [5.74, 6) is 0.932. The summed E-state index contributed by atoms with van der Waals surface area (Å²) in [4.78, 5) is 11.1. The molecular formula is C14H19NO2. The molecule has 1 aromatic carbocycles. The predicted octanol–water partition coefficient (Wildman–Crippen LogP) is 2.34. The van der Waals surface area contributed by atoms with E-state index in [1.54, 1.807) is 6.07 Å². The highest BCUT2D eigenvalue weighted by atomic mass is 16.3. The molecular weight excluding hydrogens is 214 g/mol. The molecule has 1 amide bonds. The van der Waals surface area contributed by atoms with Gasteiger partial charge in [-0.15, -0.1) is 0 Å². The van der Waals surface area contributed by atoms with Crippen LogP contribution in [0.3, 0.4) is 0 Å². The Bertz CT molecular complexity index is 415. The maximum absolute atomic E-state index is 11.1. The molecule has 3 heteroatoms. The third-order valence-electron chi connectivity index (χ3n) is 3.47. The number of aromatic hydroxyl groups is 1. The molecule has 0 heterocycles. The van der Waals surface area contributed by atoms with E-state index in [1.165, 1.54) is 11.1 Å². The van der Waals surface area contributed by atoms with Gasteiger partial charge >= 0.3 is 0 Å². The number of nitrogens with one attached hydrogen (secondary N) is 1. The fraction of sp³-hybridized carbons (Fsp3) is 0.500. The number of phenolic OH excluding ortho intramolecular Hbond substituents is 1. The van der Waals surface area contributed by atoms with E-state index < -0.39 is 0 Å². The Hall–Kier alpha value is -1.51. The minimum atomic E-state index is 0.110. The van der Waals surface area contributed by atoms with Gasteiger partial charge in [-0.05, 0) is 48.4 Å². The highest BCUT2D eigenvalue weighted by Crippen LogP contribution is 2.36. The molecule has 0 saturated heterocycles. The van der Waals surface area contributed by atoms with Gasteiger partial charge in [-0.1, -0.05) is 13.0 Å². The molecule has 1 atom stereocenters. The van der Waals surface area contributed by atoms with E-state index in [2.05, 4.69) is 5.32 Å². The van der Waals surface area contributed by atoms with Gasteiger partial charge in [-0.2, -0.15) is 0 Å². The van der Waals surface area contributed by atoms with Crippen molar-refractivity contribution in [1.29, 1.82) is 0 Å². The van der Waals surface area contributed by atoms with Gasteiger partial charge in [0.15, 0.2) is 0 Å². The van der Waals surface area contributed by atoms with Gasteiger partial charge in [0.25, 0.3) is 0 Å². The van der Waals surface area contributed by atoms with Crippen molar-refractivity contribution in [3.8, 4) is 5.75 Å². The molecule has 2 N–H and O–H groups in total. The van der Waals surface area contributed by atoms with Crippen LogP contribution in [0.1, 0.15) is 43.2 Å². The molecule has 0 unspecified atom stereocenters. The highest BCUT2D eigenvalue weighted by Gasteiger charge is 2.22. The predicted molar refractivity (Wildman–Crippen MR) is 67.1 cm³/mol. The number of aryl methyl sites for hydroxylation is 1. The molecule has 17 heavy (non-hydrogen) atoms. The minimum absolute atomic E-state index is 0.110. The van der Waals surface area contributed by atoms with Crippen molar-refractivity contribution in [3.63, 3.8) is 0 Å². The van der Waals surface area contributed by atoms with Crippen LogP contribution >= 0.6 is 0 Å². The number of benzene rings is 1. The fourth-order valence-corrected chi connectivity index (χ4v) is 2.49. The number of hydrogen-bond acceptors (Lipinski definition) is 2. The second-order valence-corrected chi connectivity index (χ2v) is 4.61. The summed E-state index contributed by atoms with van der Waals surface area (Å²) in [6.07, 6.45) is 3.72. The van der Waals surface area contributed by atoms with Crippen molar-refractivity contribution in [2.45, 2.75) is 38.5 Å². The number of phenols is 1. The van der Waals surface area contributed by atoms with Crippen molar-refractivity contribution in [2.24, 2.45) is 0 Å². The van der Waals surface area contributed by atoms with Crippen molar-refractivity contribution in [1.82, 2.24) is 5.32 Å². The molecule has 1 aliphatic carbocycles. The SMILES string of the molecule is CCC(=O)NCC[C@H]1CCc2ccc(O)cc21. The zero-order valence-electron chi connectivity index (χ0n) is 10.2. The van der Waals surface area contributed by atoms with Crippen LogP contribution in [0.4, 0.5) is 0 Å². The van der Waals surface area contributed by atoms with E-state index >= 15 is 0 Å². The standard InChI is InChI=1S/C14H19NO2/c1-2-14(17)15-8-7-11-4-3-10-5-6-12(16)9-13(10)11/h5-6,9,11,16H,2-4,7-8H2,1H3,(H,15,17)/t11-/m1/s1. The number of hydrogen-bond donors (Lipinski definition) is 2. The second kappa shape index (κ2) is 5.21. The molecule has 2 rings (SSSR count). The lowest BCUT2D eigenvalue weighted by Crippen LogP contribution is -2.24. The molecule has 0 bridgehead atoms. The third kappa shape index (κ3) is 2.78. The van der Waals surface area contributed by atoms with Gasteiger partial charge in [0.1, 0.15) is 5.75 Å². The number of carbonyl (C=O) groups is 1. The van der Waals surface area contributed by atoms with Crippen LogP contribution in [0.5, 0.6) is 5.75 Å². The molecule has 0 spiro atoms. The maximum atomic E-state index is 11.1. The first-order valence-corrected chi connectivity index (χ1v) is 6.29. The van der Waals surface area contributed by atoms with Crippen LogP contribution in [0.15, 0.2) is 18.2 Å². The summed E-state index contributed by atoms with van der Waals surface area (Å²) in [6.45, 7) is 2.59. The lowest BCUT2D eigenvalue weighted by Gasteiger charge is -2.12. The number of amides is 1. The van der Waals surface area contributed by atoms with E-state index in [0.717, 1.165) is 25.8 Å². The zero-order chi connectivity index (χ0) is 12.3. The van der Waals surface area contributed by atoms with E-state index in [1.807, 2.05) is 19.1 Å². The van der Waals surface area contributed by atoms with Crippen LogP contribution in [0.2, 0.25) is 0 Å². The number of carbonyl (C=O) groups excluding carboxylic acids is 1. The topological polar surface area (TPSA) is 49.3 Å². The summed E-state index contributed by atoms with van der Waals surface area (Å²) >= 11 is 0. The van der Waals surface area contributed by atoms with E-state index in [0.29, 0.717) is 18.1 Å². The maximum Gasteiger partial charge on any atom is 0.219 e. The van der Waals surface area contributed by atoms with Crippen LogP contribution in [0.25, 0.3) is 0 Å². The quantitative estimate of drug-likeness (QED) is 0.838. The Morgan fingerprint density at radius 3 is 3.12 bits per heavy atom. The van der Waals surface area contributed by atoms with E-state index in [4.69, 9.17) is 0 Å². The Labute approximate surface area is 102 Å². The van der Waals surface area contributed by atoms with Crippen LogP contribution in [-0.2, 0) is 11.2 Å². The highest BCUT2D eigenvalue weighted by molar-refractivity contribution is 5.75. The lowest BCUT2D eigenvalue weighted by atomic mass is 9.97. The molecule has 1 aromatic rings. The first-order valence-electron chi connectivity index (χ1n) is 6.29. The minimum Gasteiger partial charge on any atom is -0.508 e. The Balaban J connectivity index is 1.93. The molecule has 92 valence electrons. The third-order valence-corrected chi connectivity index (χ3v) is 3.47. The molecule has 0 radical (unpaired) electrons. The zero-order valence-corrected chi connectivity index (χ0v) is 10.2. The first-order chi connectivity index (χ1) is 8.20. The normalized spacial score (nSPS) is 17.8. The van der Waals surface area contributed by atoms with E-state index in [-0.39, 0.29) is 5.91 Å². The average Bonchev–Trinajstić information content (AvgIpc) is 2.72. The van der Waals surface area contributed by atoms with Gasteiger partial charge in [0.05, 0.1) is 0 Å². The molecule has 0 aromatic heterocycles. The lowest BCUT2D eigenvalue weighted by molar-refractivity contribution is -0.120.